The largest absolute Gasteiger partial charge is 0.462 e. The first-order valence-corrected chi connectivity index (χ1v) is 9.95. The SMILES string of the molecule is CCOC(=O)c1sc(N)c(C#N)c1CSc1nnc(C2CC2)n1CC. The molecule has 132 valence electrons. The lowest BCUT2D eigenvalue weighted by molar-refractivity contribution is 0.0531. The number of nitriles is 1. The number of hydrogen-bond acceptors (Lipinski definition) is 8. The average molecular weight is 377 g/mol. The van der Waals surface area contributed by atoms with Crippen molar-refractivity contribution >= 4 is 34.1 Å². The molecule has 0 radical (unpaired) electrons. The van der Waals surface area contributed by atoms with Crippen LogP contribution in [0.5, 0.6) is 0 Å². The van der Waals surface area contributed by atoms with Gasteiger partial charge in [0.15, 0.2) is 5.16 Å². The van der Waals surface area contributed by atoms with Crippen molar-refractivity contribution in [1.29, 1.82) is 5.26 Å². The van der Waals surface area contributed by atoms with Crippen molar-refractivity contribution in [2.45, 2.75) is 50.1 Å². The van der Waals surface area contributed by atoms with Crippen molar-refractivity contribution in [3.63, 3.8) is 0 Å². The van der Waals surface area contributed by atoms with Crippen molar-refractivity contribution in [1.82, 2.24) is 14.8 Å². The Bertz CT molecular complexity index is 832. The zero-order valence-electron chi connectivity index (χ0n) is 14.1. The van der Waals surface area contributed by atoms with Crippen molar-refractivity contribution in [2.24, 2.45) is 0 Å². The second kappa shape index (κ2) is 7.45. The van der Waals surface area contributed by atoms with Crippen molar-refractivity contribution < 1.29 is 9.53 Å². The molecule has 9 heteroatoms. The van der Waals surface area contributed by atoms with Gasteiger partial charge in [-0.25, -0.2) is 4.79 Å². The van der Waals surface area contributed by atoms with Crippen molar-refractivity contribution in [3.8, 4) is 6.07 Å². The van der Waals surface area contributed by atoms with Crippen LogP contribution >= 0.6 is 23.1 Å². The molecule has 0 bridgehead atoms. The van der Waals surface area contributed by atoms with E-state index < -0.39 is 5.97 Å². The minimum atomic E-state index is -0.438. The number of thiophene rings is 1. The summed E-state index contributed by atoms with van der Waals surface area (Å²) in [6, 6.07) is 2.10. The Kier molecular flexibility index (Phi) is 5.30. The van der Waals surface area contributed by atoms with E-state index in [1.807, 2.05) is 0 Å². The van der Waals surface area contributed by atoms with E-state index in [4.69, 9.17) is 10.5 Å². The maximum atomic E-state index is 12.2. The number of aromatic nitrogens is 3. The number of nitrogen functional groups attached to an aromatic ring is 1. The summed E-state index contributed by atoms with van der Waals surface area (Å²) in [5.74, 6) is 1.53. The van der Waals surface area contributed by atoms with Gasteiger partial charge in [0.05, 0.1) is 12.2 Å². The van der Waals surface area contributed by atoms with Gasteiger partial charge in [0.25, 0.3) is 0 Å². The fourth-order valence-corrected chi connectivity index (χ4v) is 4.65. The zero-order valence-corrected chi connectivity index (χ0v) is 15.7. The van der Waals surface area contributed by atoms with Crippen LogP contribution in [0.1, 0.15) is 59.2 Å². The number of nitrogens with zero attached hydrogens (tertiary/aromatic N) is 4. The topological polar surface area (TPSA) is 107 Å². The van der Waals surface area contributed by atoms with Gasteiger partial charge in [-0.1, -0.05) is 11.8 Å². The van der Waals surface area contributed by atoms with Gasteiger partial charge in [0, 0.05) is 23.8 Å². The molecule has 1 fully saturated rings. The van der Waals surface area contributed by atoms with Crippen LogP contribution in [0.3, 0.4) is 0 Å². The summed E-state index contributed by atoms with van der Waals surface area (Å²) in [6.07, 6.45) is 2.32. The smallest absolute Gasteiger partial charge is 0.348 e. The molecule has 0 saturated heterocycles. The fraction of sp³-hybridized carbons (Fsp3) is 0.500. The number of anilines is 1. The van der Waals surface area contributed by atoms with Crippen LogP contribution in [-0.4, -0.2) is 27.3 Å². The van der Waals surface area contributed by atoms with E-state index in [1.165, 1.54) is 11.8 Å². The molecule has 0 aliphatic heterocycles. The van der Waals surface area contributed by atoms with E-state index in [1.54, 1.807) is 6.92 Å². The zero-order chi connectivity index (χ0) is 18.0. The van der Waals surface area contributed by atoms with Gasteiger partial charge in [0.2, 0.25) is 0 Å². The Morgan fingerprint density at radius 3 is 2.84 bits per heavy atom. The summed E-state index contributed by atoms with van der Waals surface area (Å²) in [5, 5.41) is 19.1. The van der Waals surface area contributed by atoms with Crippen molar-refractivity contribution in [3.05, 3.63) is 21.8 Å². The standard InChI is InChI=1S/C16H19N5O2S2/c1-3-21-14(9-5-6-9)19-20-16(21)24-8-11-10(7-17)13(18)25-12(11)15(22)23-4-2/h9H,3-6,8,18H2,1-2H3. The summed E-state index contributed by atoms with van der Waals surface area (Å²) in [6.45, 7) is 4.88. The van der Waals surface area contributed by atoms with Crippen LogP contribution in [0.25, 0.3) is 0 Å². The molecule has 1 aliphatic carbocycles. The molecule has 1 aliphatic rings. The minimum Gasteiger partial charge on any atom is -0.462 e. The highest BCUT2D eigenvalue weighted by atomic mass is 32.2. The highest BCUT2D eigenvalue weighted by molar-refractivity contribution is 7.98. The maximum absolute atomic E-state index is 12.2. The molecule has 7 nitrogen and oxygen atoms in total. The van der Waals surface area contributed by atoms with E-state index in [0.29, 0.717) is 32.7 Å². The van der Waals surface area contributed by atoms with Gasteiger partial charge in [-0.05, 0) is 26.7 Å². The Morgan fingerprint density at radius 2 is 2.24 bits per heavy atom. The summed E-state index contributed by atoms with van der Waals surface area (Å²) < 4.78 is 7.19. The van der Waals surface area contributed by atoms with Crippen LogP contribution in [0.2, 0.25) is 0 Å². The Morgan fingerprint density at radius 1 is 1.48 bits per heavy atom. The molecule has 2 aromatic rings. The lowest BCUT2D eigenvalue weighted by atomic mass is 10.2. The molecule has 0 unspecified atom stereocenters. The molecule has 1 saturated carbocycles. The summed E-state index contributed by atoms with van der Waals surface area (Å²) in [4.78, 5) is 12.6. The monoisotopic (exact) mass is 377 g/mol. The first-order chi connectivity index (χ1) is 12.1. The van der Waals surface area contributed by atoms with Crippen LogP contribution < -0.4 is 5.73 Å². The summed E-state index contributed by atoms with van der Waals surface area (Å²) >= 11 is 2.57. The third-order valence-electron chi connectivity index (χ3n) is 3.96. The van der Waals surface area contributed by atoms with E-state index >= 15 is 0 Å². The Balaban J connectivity index is 1.86. The number of rotatable bonds is 7. The van der Waals surface area contributed by atoms with Gasteiger partial charge in [-0.3, -0.25) is 0 Å². The molecule has 25 heavy (non-hydrogen) atoms. The Labute approximate surface area is 154 Å². The molecule has 0 amide bonds. The fourth-order valence-electron chi connectivity index (χ4n) is 2.59. The predicted molar refractivity (Wildman–Crippen MR) is 96.6 cm³/mol. The molecule has 0 spiro atoms. The first-order valence-electron chi connectivity index (χ1n) is 8.14. The average Bonchev–Trinajstić information content (AvgIpc) is 3.28. The third kappa shape index (κ3) is 3.50. The highest BCUT2D eigenvalue weighted by Gasteiger charge is 2.30. The number of nitrogens with two attached hydrogens (primary N) is 1. The van der Waals surface area contributed by atoms with Crippen LogP contribution in [0, 0.1) is 11.3 Å². The second-order valence-electron chi connectivity index (χ2n) is 5.63. The van der Waals surface area contributed by atoms with Gasteiger partial charge < -0.3 is 15.0 Å². The molecule has 2 heterocycles. The molecular formula is C16H19N5O2S2. The molecule has 0 aromatic carbocycles. The van der Waals surface area contributed by atoms with E-state index in [9.17, 15) is 10.1 Å². The van der Waals surface area contributed by atoms with Gasteiger partial charge >= 0.3 is 5.97 Å². The quantitative estimate of drug-likeness (QED) is 0.583. The van der Waals surface area contributed by atoms with E-state index in [0.717, 1.165) is 41.7 Å². The minimum absolute atomic E-state index is 0.278. The predicted octanol–water partition coefficient (Wildman–Crippen LogP) is 3.16. The van der Waals surface area contributed by atoms with Crippen LogP contribution in [0.15, 0.2) is 5.16 Å². The van der Waals surface area contributed by atoms with Gasteiger partial charge in [-0.2, -0.15) is 5.26 Å². The maximum Gasteiger partial charge on any atom is 0.348 e. The third-order valence-corrected chi connectivity index (χ3v) is 5.99. The summed E-state index contributed by atoms with van der Waals surface area (Å²) in [7, 11) is 0. The number of carbonyl (C=O) groups excluding carboxylic acids is 1. The van der Waals surface area contributed by atoms with Gasteiger partial charge in [-0.15, -0.1) is 21.5 Å². The van der Waals surface area contributed by atoms with E-state index in [2.05, 4.69) is 27.8 Å². The first kappa shape index (κ1) is 17.8. The molecule has 2 aromatic heterocycles. The van der Waals surface area contributed by atoms with Crippen molar-refractivity contribution in [2.75, 3.05) is 12.3 Å². The number of thioether (sulfide) groups is 1. The number of carbonyl (C=O) groups is 1. The van der Waals surface area contributed by atoms with Crippen LogP contribution in [0.4, 0.5) is 5.00 Å². The number of hydrogen-bond donors (Lipinski definition) is 1. The lowest BCUT2D eigenvalue weighted by Crippen LogP contribution is -2.06. The number of esters is 1. The van der Waals surface area contributed by atoms with E-state index in [-0.39, 0.29) is 6.61 Å². The lowest BCUT2D eigenvalue weighted by Gasteiger charge is -2.07. The molecule has 3 rings (SSSR count). The normalized spacial score (nSPS) is 13.6. The summed E-state index contributed by atoms with van der Waals surface area (Å²) in [5.41, 5.74) is 6.88. The molecule has 0 atom stereocenters. The number of ether oxygens (including phenoxy) is 1. The highest BCUT2D eigenvalue weighted by Crippen LogP contribution is 2.41. The molecular weight excluding hydrogens is 358 g/mol. The molecule has 2 N–H and O–H groups in total. The van der Waals surface area contributed by atoms with Crippen LogP contribution in [-0.2, 0) is 17.0 Å². The Hall–Kier alpha value is -2.05. The second-order valence-corrected chi connectivity index (χ2v) is 7.62. The van der Waals surface area contributed by atoms with Gasteiger partial charge in [0.1, 0.15) is 21.8 Å².